The summed E-state index contributed by atoms with van der Waals surface area (Å²) in [6, 6.07) is 10.2. The Balaban J connectivity index is 0.00000240. The lowest BCUT2D eigenvalue weighted by Crippen LogP contribution is -2.43. The first-order valence-electron chi connectivity index (χ1n) is 9.04. The molecule has 5 nitrogen and oxygen atoms in total. The smallest absolute Gasteiger partial charge is 0.260 e. The third-order valence-electron chi connectivity index (χ3n) is 4.67. The van der Waals surface area contributed by atoms with Crippen LogP contribution in [0.25, 0.3) is 10.2 Å². The van der Waals surface area contributed by atoms with Crippen molar-refractivity contribution in [3.63, 3.8) is 0 Å². The maximum Gasteiger partial charge on any atom is 0.260 e. The average Bonchev–Trinajstić information content (AvgIpc) is 3.15. The van der Waals surface area contributed by atoms with Gasteiger partial charge in [-0.05, 0) is 36.4 Å². The minimum Gasteiger partial charge on any atom is -0.379 e. The van der Waals surface area contributed by atoms with E-state index in [0.717, 1.165) is 13.1 Å². The monoisotopic (exact) mass is 439 g/mol. The Morgan fingerprint density at radius 2 is 1.86 bits per heavy atom. The summed E-state index contributed by atoms with van der Waals surface area (Å²) in [7, 11) is 0. The average molecular weight is 440 g/mol. The summed E-state index contributed by atoms with van der Waals surface area (Å²) >= 11 is 1.27. The number of thiazole rings is 1. The Labute approximate surface area is 177 Å². The molecule has 3 aromatic rings. The molecule has 0 bridgehead atoms. The largest absolute Gasteiger partial charge is 0.379 e. The SMILES string of the molecule is Cl.O=C(c1ccc(F)cc1)N(CCN1CCOCC1)c1nc2c(F)cccc2s1. The van der Waals surface area contributed by atoms with E-state index < -0.39 is 11.6 Å². The van der Waals surface area contributed by atoms with Crippen molar-refractivity contribution in [3.8, 4) is 0 Å². The van der Waals surface area contributed by atoms with Crippen molar-refractivity contribution >= 4 is 45.0 Å². The zero-order valence-electron chi connectivity index (χ0n) is 15.5. The molecule has 0 N–H and O–H groups in total. The van der Waals surface area contributed by atoms with Crippen molar-refractivity contribution in [3.05, 3.63) is 59.7 Å². The molecular formula is C20H20ClF2N3O2S. The topological polar surface area (TPSA) is 45.7 Å². The summed E-state index contributed by atoms with van der Waals surface area (Å²) in [5.74, 6) is -1.10. The first-order valence-corrected chi connectivity index (χ1v) is 9.86. The number of fused-ring (bicyclic) bond motifs is 1. The van der Waals surface area contributed by atoms with Gasteiger partial charge >= 0.3 is 0 Å². The second-order valence-electron chi connectivity index (χ2n) is 6.50. The number of rotatable bonds is 5. The second kappa shape index (κ2) is 9.58. The van der Waals surface area contributed by atoms with Crippen molar-refractivity contribution in [1.82, 2.24) is 9.88 Å². The Hall–Kier alpha value is -2.13. The maximum absolute atomic E-state index is 14.1. The maximum atomic E-state index is 14.1. The third kappa shape index (κ3) is 4.90. The van der Waals surface area contributed by atoms with Crippen molar-refractivity contribution < 1.29 is 18.3 Å². The number of benzene rings is 2. The van der Waals surface area contributed by atoms with E-state index in [0.29, 0.717) is 41.7 Å². The van der Waals surface area contributed by atoms with Gasteiger partial charge in [-0.3, -0.25) is 14.6 Å². The summed E-state index contributed by atoms with van der Waals surface area (Å²) in [5.41, 5.74) is 0.619. The Morgan fingerprint density at radius 1 is 1.14 bits per heavy atom. The Morgan fingerprint density at radius 3 is 2.55 bits per heavy atom. The fraction of sp³-hybridized carbons (Fsp3) is 0.300. The molecule has 1 amide bonds. The number of morpholine rings is 1. The number of carbonyl (C=O) groups is 1. The van der Waals surface area contributed by atoms with Gasteiger partial charge < -0.3 is 4.74 Å². The second-order valence-corrected chi connectivity index (χ2v) is 7.51. The van der Waals surface area contributed by atoms with Gasteiger partial charge in [-0.1, -0.05) is 17.4 Å². The molecule has 0 aliphatic carbocycles. The molecule has 1 aromatic heterocycles. The summed E-state index contributed by atoms with van der Waals surface area (Å²) in [4.78, 5) is 21.3. The van der Waals surface area contributed by atoms with E-state index in [2.05, 4.69) is 9.88 Å². The lowest BCUT2D eigenvalue weighted by atomic mass is 10.2. The van der Waals surface area contributed by atoms with Crippen LogP contribution in [0.2, 0.25) is 0 Å². The lowest BCUT2D eigenvalue weighted by Gasteiger charge is -2.29. The number of halogens is 3. The Bertz CT molecular complexity index is 978. The minimum atomic E-state index is -0.414. The molecule has 0 unspecified atom stereocenters. The third-order valence-corrected chi connectivity index (χ3v) is 5.71. The summed E-state index contributed by atoms with van der Waals surface area (Å²) in [6.07, 6.45) is 0. The van der Waals surface area contributed by atoms with Gasteiger partial charge in [-0.2, -0.15) is 0 Å². The number of carbonyl (C=O) groups excluding carboxylic acids is 1. The molecule has 0 saturated carbocycles. The molecule has 1 fully saturated rings. The normalized spacial score (nSPS) is 14.6. The molecule has 1 aliphatic heterocycles. The van der Waals surface area contributed by atoms with Crippen LogP contribution < -0.4 is 4.90 Å². The van der Waals surface area contributed by atoms with Crippen LogP contribution in [0.5, 0.6) is 0 Å². The first-order chi connectivity index (χ1) is 13.6. The van der Waals surface area contributed by atoms with Crippen molar-refractivity contribution in [1.29, 1.82) is 0 Å². The van der Waals surface area contributed by atoms with Crippen molar-refractivity contribution in [2.24, 2.45) is 0 Å². The minimum absolute atomic E-state index is 0. The fourth-order valence-electron chi connectivity index (χ4n) is 3.12. The van der Waals surface area contributed by atoms with Crippen LogP contribution in [0.15, 0.2) is 42.5 Å². The molecule has 1 aliphatic rings. The molecule has 0 radical (unpaired) electrons. The number of hydrogen-bond acceptors (Lipinski definition) is 5. The van der Waals surface area contributed by atoms with Crippen LogP contribution in [0.1, 0.15) is 10.4 Å². The van der Waals surface area contributed by atoms with Gasteiger partial charge in [0, 0.05) is 31.7 Å². The van der Waals surface area contributed by atoms with E-state index in [-0.39, 0.29) is 23.8 Å². The van der Waals surface area contributed by atoms with Crippen molar-refractivity contribution in [2.45, 2.75) is 0 Å². The zero-order valence-corrected chi connectivity index (χ0v) is 17.1. The molecule has 154 valence electrons. The standard InChI is InChI=1S/C20H19F2N3O2S.ClH/c21-15-6-4-14(5-7-15)19(26)25(9-8-24-10-12-27-13-11-24)20-23-18-16(22)2-1-3-17(18)28-20;/h1-7H,8-13H2;1H. The van der Waals surface area contributed by atoms with Crippen LogP contribution in [0.3, 0.4) is 0 Å². The molecule has 2 heterocycles. The Kier molecular flexibility index (Phi) is 7.13. The van der Waals surface area contributed by atoms with Crippen molar-refractivity contribution in [2.75, 3.05) is 44.3 Å². The number of amides is 1. The van der Waals surface area contributed by atoms with Crippen LogP contribution in [-0.4, -0.2) is 55.2 Å². The predicted octanol–water partition coefficient (Wildman–Crippen LogP) is 3.98. The molecule has 29 heavy (non-hydrogen) atoms. The van der Waals surface area contributed by atoms with Gasteiger partial charge in [-0.15, -0.1) is 12.4 Å². The number of anilines is 1. The van der Waals surface area contributed by atoms with E-state index in [1.807, 2.05) is 0 Å². The number of ether oxygens (including phenoxy) is 1. The summed E-state index contributed by atoms with van der Waals surface area (Å²) in [5, 5.41) is 0.433. The van der Waals surface area contributed by atoms with Gasteiger partial charge in [-0.25, -0.2) is 13.8 Å². The van der Waals surface area contributed by atoms with E-state index in [1.54, 1.807) is 17.0 Å². The van der Waals surface area contributed by atoms with E-state index >= 15 is 0 Å². The van der Waals surface area contributed by atoms with Gasteiger partial charge in [0.1, 0.15) is 17.2 Å². The first kappa shape index (κ1) is 21.6. The molecule has 1 saturated heterocycles. The fourth-order valence-corrected chi connectivity index (χ4v) is 4.12. The summed E-state index contributed by atoms with van der Waals surface area (Å²) in [6.45, 7) is 3.98. The van der Waals surface area contributed by atoms with E-state index in [1.165, 1.54) is 41.7 Å². The molecule has 2 aromatic carbocycles. The highest BCUT2D eigenvalue weighted by molar-refractivity contribution is 7.22. The van der Waals surface area contributed by atoms with Crippen LogP contribution in [-0.2, 0) is 4.74 Å². The van der Waals surface area contributed by atoms with Gasteiger partial charge in [0.05, 0.1) is 17.9 Å². The number of aromatic nitrogens is 1. The lowest BCUT2D eigenvalue weighted by molar-refractivity contribution is 0.0391. The van der Waals surface area contributed by atoms with Crippen LogP contribution >= 0.6 is 23.7 Å². The highest BCUT2D eigenvalue weighted by atomic mass is 35.5. The zero-order chi connectivity index (χ0) is 19.5. The number of nitrogens with zero attached hydrogens (tertiary/aromatic N) is 3. The molecule has 9 heteroatoms. The molecule has 4 rings (SSSR count). The van der Waals surface area contributed by atoms with Gasteiger partial charge in [0.2, 0.25) is 0 Å². The number of para-hydroxylation sites is 1. The quantitative estimate of drug-likeness (QED) is 0.603. The van der Waals surface area contributed by atoms with Gasteiger partial charge in [0.25, 0.3) is 5.91 Å². The van der Waals surface area contributed by atoms with Gasteiger partial charge in [0.15, 0.2) is 5.13 Å². The summed E-state index contributed by atoms with van der Waals surface area (Å²) < 4.78 is 33.4. The highest BCUT2D eigenvalue weighted by Gasteiger charge is 2.23. The molecule has 0 atom stereocenters. The molecule has 0 spiro atoms. The van der Waals surface area contributed by atoms with E-state index in [9.17, 15) is 13.6 Å². The highest BCUT2D eigenvalue weighted by Crippen LogP contribution is 2.31. The van der Waals surface area contributed by atoms with E-state index in [4.69, 9.17) is 4.74 Å². The predicted molar refractivity (Wildman–Crippen MR) is 112 cm³/mol. The van der Waals surface area contributed by atoms with Crippen LogP contribution in [0.4, 0.5) is 13.9 Å². The molecular weight excluding hydrogens is 420 g/mol. The van der Waals surface area contributed by atoms with Crippen LogP contribution in [0, 0.1) is 11.6 Å². The number of hydrogen-bond donors (Lipinski definition) is 0.